The van der Waals surface area contributed by atoms with Crippen LogP contribution >= 0.6 is 0 Å². The van der Waals surface area contributed by atoms with Crippen molar-refractivity contribution in [3.63, 3.8) is 0 Å². The molecule has 0 spiro atoms. The fraction of sp³-hybridized carbons (Fsp3) is 0.850. The van der Waals surface area contributed by atoms with E-state index in [9.17, 15) is 61.0 Å². The summed E-state index contributed by atoms with van der Waals surface area (Å²) in [5, 5.41) is 120. The van der Waals surface area contributed by atoms with Crippen LogP contribution in [0.15, 0.2) is 48.6 Å². The Kier molecular flexibility index (Phi) is 39.0. The van der Waals surface area contributed by atoms with Gasteiger partial charge in [-0.25, -0.2) is 0 Å². The minimum absolute atomic E-state index is 0.229. The van der Waals surface area contributed by atoms with Gasteiger partial charge >= 0.3 is 0 Å². The minimum Gasteiger partial charge on any atom is -0.394 e. The Bertz CT molecular complexity index is 1630. The summed E-state index contributed by atoms with van der Waals surface area (Å²) in [4.78, 5) is 13.3. The predicted molar refractivity (Wildman–Crippen MR) is 300 cm³/mol. The van der Waals surface area contributed by atoms with Gasteiger partial charge in [0.25, 0.3) is 0 Å². The molecule has 19 heteroatoms. The molecule has 3 fully saturated rings. The number of carbonyl (C=O) groups is 1. The average Bonchev–Trinajstić information content (AvgIpc) is 3.56. The van der Waals surface area contributed by atoms with Gasteiger partial charge in [0.05, 0.1) is 38.6 Å². The highest BCUT2D eigenvalue weighted by atomic mass is 16.8. The summed E-state index contributed by atoms with van der Waals surface area (Å²) in [6.45, 7) is 1.65. The van der Waals surface area contributed by atoms with Gasteiger partial charge in [0.1, 0.15) is 73.2 Å². The maximum Gasteiger partial charge on any atom is 0.220 e. The highest BCUT2D eigenvalue weighted by Gasteiger charge is 2.53. The van der Waals surface area contributed by atoms with Crippen molar-refractivity contribution < 1.29 is 89.4 Å². The van der Waals surface area contributed by atoms with Crippen molar-refractivity contribution >= 4 is 5.91 Å². The molecule has 0 aromatic carbocycles. The molecule has 17 atom stereocenters. The molecule has 460 valence electrons. The second-order valence-electron chi connectivity index (χ2n) is 21.8. The number of amides is 1. The van der Waals surface area contributed by atoms with E-state index >= 15 is 0 Å². The number of allylic oxidation sites excluding steroid dienone is 7. The summed E-state index contributed by atoms with van der Waals surface area (Å²) in [5.74, 6) is -0.294. The highest BCUT2D eigenvalue weighted by molar-refractivity contribution is 5.76. The zero-order valence-corrected chi connectivity index (χ0v) is 47.8. The van der Waals surface area contributed by atoms with Crippen LogP contribution in [0.5, 0.6) is 0 Å². The molecule has 3 aliphatic heterocycles. The number of unbranched alkanes of at least 4 members (excludes halogenated alkanes) is 22. The van der Waals surface area contributed by atoms with Crippen LogP contribution in [0.1, 0.15) is 194 Å². The Morgan fingerprint density at radius 3 is 1.29 bits per heavy atom. The molecule has 19 nitrogen and oxygen atoms in total. The minimum atomic E-state index is -1.98. The molecule has 0 saturated carbocycles. The van der Waals surface area contributed by atoms with Gasteiger partial charge in [-0.05, 0) is 70.6 Å². The molecule has 0 aromatic rings. The largest absolute Gasteiger partial charge is 0.394 e. The fourth-order valence-electron chi connectivity index (χ4n) is 10.0. The van der Waals surface area contributed by atoms with E-state index in [1.54, 1.807) is 6.08 Å². The Morgan fingerprint density at radius 2 is 0.810 bits per heavy atom. The Hall–Kier alpha value is -2.25. The van der Waals surface area contributed by atoms with Crippen LogP contribution in [0, 0.1) is 0 Å². The number of carbonyl (C=O) groups excluding carboxylic acids is 1. The molecular weight excluding hydrogens is 1020 g/mol. The lowest BCUT2D eigenvalue weighted by molar-refractivity contribution is -0.379. The molecular formula is C60H107NO18. The molecule has 3 rings (SSSR count). The van der Waals surface area contributed by atoms with Gasteiger partial charge < -0.3 is 89.9 Å². The number of rotatable bonds is 44. The third kappa shape index (κ3) is 27.3. The first-order valence-corrected chi connectivity index (χ1v) is 30.4. The Labute approximate surface area is 472 Å². The Balaban J connectivity index is 1.49. The topological polar surface area (TPSA) is 307 Å². The van der Waals surface area contributed by atoms with Gasteiger partial charge in [0, 0.05) is 6.42 Å². The maximum absolute atomic E-state index is 13.3. The summed E-state index contributed by atoms with van der Waals surface area (Å²) >= 11 is 0. The number of hydrogen-bond acceptors (Lipinski definition) is 18. The van der Waals surface area contributed by atoms with Gasteiger partial charge in [-0.3, -0.25) is 4.79 Å². The molecule has 3 heterocycles. The average molecular weight is 1130 g/mol. The van der Waals surface area contributed by atoms with Gasteiger partial charge in [-0.2, -0.15) is 0 Å². The van der Waals surface area contributed by atoms with E-state index in [2.05, 4.69) is 55.6 Å². The van der Waals surface area contributed by atoms with Crippen LogP contribution in [0.4, 0.5) is 0 Å². The van der Waals surface area contributed by atoms with Gasteiger partial charge in [0.15, 0.2) is 18.9 Å². The van der Waals surface area contributed by atoms with Crippen molar-refractivity contribution in [3.05, 3.63) is 48.6 Å². The van der Waals surface area contributed by atoms with Crippen molar-refractivity contribution in [2.45, 2.75) is 298 Å². The first-order valence-electron chi connectivity index (χ1n) is 30.4. The third-order valence-corrected chi connectivity index (χ3v) is 15.1. The molecule has 1 amide bonds. The molecule has 0 radical (unpaired) electrons. The van der Waals surface area contributed by atoms with Crippen molar-refractivity contribution in [1.29, 1.82) is 0 Å². The number of aliphatic hydroxyl groups is 11. The van der Waals surface area contributed by atoms with E-state index in [0.29, 0.717) is 12.8 Å². The van der Waals surface area contributed by atoms with Crippen LogP contribution in [-0.2, 0) is 33.2 Å². The van der Waals surface area contributed by atoms with Gasteiger partial charge in [-0.15, -0.1) is 0 Å². The molecule has 17 unspecified atom stereocenters. The van der Waals surface area contributed by atoms with E-state index in [1.165, 1.54) is 103 Å². The summed E-state index contributed by atoms with van der Waals surface area (Å²) in [6.07, 6.45) is 21.0. The zero-order valence-electron chi connectivity index (χ0n) is 47.8. The number of aliphatic hydroxyl groups excluding tert-OH is 11. The summed E-state index contributed by atoms with van der Waals surface area (Å²) in [6, 6.07) is -0.996. The van der Waals surface area contributed by atoms with E-state index in [-0.39, 0.29) is 18.9 Å². The van der Waals surface area contributed by atoms with Crippen LogP contribution in [0.2, 0.25) is 0 Å². The fourth-order valence-corrected chi connectivity index (χ4v) is 10.0. The lowest BCUT2D eigenvalue weighted by atomic mass is 9.96. The Morgan fingerprint density at radius 1 is 0.443 bits per heavy atom. The summed E-state index contributed by atoms with van der Waals surface area (Å²) in [5.41, 5.74) is 0. The molecule has 3 saturated heterocycles. The molecule has 0 bridgehead atoms. The standard InChI is InChI=1S/C60H107NO18/c1-3-5-7-9-11-13-15-17-18-19-20-21-22-23-24-26-28-30-32-34-36-38-48(66)61-43(44(65)37-35-33-31-29-27-25-16-14-12-10-8-6-4-2)42-74-58-54(72)51(69)56(46(40-63)76-58)79-60-55(73)52(70)57(47(41-64)77-60)78-59-53(71)50(68)49(67)45(39-62)75-59/h12,14,19-20,27,29,35,37,43-47,49-60,62-65,67-73H,3-11,13,15-18,21-26,28,30-34,36,38-42H2,1-2H3,(H,61,66)/b14-12+,20-19-,29-27+,37-35+. The smallest absolute Gasteiger partial charge is 0.220 e. The van der Waals surface area contributed by atoms with E-state index in [1.807, 2.05) is 6.08 Å². The van der Waals surface area contributed by atoms with Crippen LogP contribution < -0.4 is 5.32 Å². The molecule has 0 aromatic heterocycles. The number of hydrogen-bond donors (Lipinski definition) is 12. The van der Waals surface area contributed by atoms with Crippen molar-refractivity contribution in [2.24, 2.45) is 0 Å². The monoisotopic (exact) mass is 1130 g/mol. The number of nitrogens with one attached hydrogen (secondary N) is 1. The van der Waals surface area contributed by atoms with E-state index in [4.69, 9.17) is 28.4 Å². The second-order valence-corrected chi connectivity index (χ2v) is 21.8. The quantitative estimate of drug-likeness (QED) is 0.0265. The molecule has 0 aliphatic carbocycles. The molecule has 3 aliphatic rings. The molecule has 79 heavy (non-hydrogen) atoms. The van der Waals surface area contributed by atoms with Crippen molar-refractivity contribution in [1.82, 2.24) is 5.32 Å². The van der Waals surface area contributed by atoms with Crippen LogP contribution in [0.25, 0.3) is 0 Å². The van der Waals surface area contributed by atoms with Gasteiger partial charge in [-0.1, -0.05) is 165 Å². The lowest BCUT2D eigenvalue weighted by Gasteiger charge is -2.48. The van der Waals surface area contributed by atoms with Crippen molar-refractivity contribution in [2.75, 3.05) is 26.4 Å². The maximum atomic E-state index is 13.3. The SMILES string of the molecule is CCCCC/C=C/CC/C=C/CC/C=C/C(O)C(COC1OC(CO)C(OC2OC(CO)C(OC3OC(CO)C(O)C(O)C3O)C(O)C2O)C(O)C1O)NC(=O)CCCCCCCCCCC/C=C\CCCCCCCCCC. The zero-order chi connectivity index (χ0) is 57.6. The first-order chi connectivity index (χ1) is 38.3. The summed E-state index contributed by atoms with van der Waals surface area (Å²) < 4.78 is 34.2. The summed E-state index contributed by atoms with van der Waals surface area (Å²) in [7, 11) is 0. The van der Waals surface area contributed by atoms with E-state index in [0.717, 1.165) is 57.8 Å². The molecule has 12 N–H and O–H groups in total. The first kappa shape index (κ1) is 71.0. The number of ether oxygens (including phenoxy) is 6. The normalized spacial score (nSPS) is 30.6. The third-order valence-electron chi connectivity index (χ3n) is 15.1. The lowest BCUT2D eigenvalue weighted by Crippen LogP contribution is -2.66. The van der Waals surface area contributed by atoms with E-state index < -0.39 is 124 Å². The second kappa shape index (κ2) is 43.4. The van der Waals surface area contributed by atoms with Gasteiger partial charge in [0.2, 0.25) is 5.91 Å². The predicted octanol–water partition coefficient (Wildman–Crippen LogP) is 5.48. The highest BCUT2D eigenvalue weighted by Crippen LogP contribution is 2.33. The van der Waals surface area contributed by atoms with Crippen LogP contribution in [-0.4, -0.2) is 193 Å². The van der Waals surface area contributed by atoms with Crippen molar-refractivity contribution in [3.8, 4) is 0 Å². The van der Waals surface area contributed by atoms with Crippen LogP contribution in [0.3, 0.4) is 0 Å².